The normalized spacial score (nSPS) is 12.8. The van der Waals surface area contributed by atoms with Gasteiger partial charge in [0.05, 0.1) is 34.1 Å². The number of carbonyl (C=O) groups is 3. The second-order valence-corrected chi connectivity index (χ2v) is 8.00. The quantitative estimate of drug-likeness (QED) is 0.367. The maximum absolute atomic E-state index is 12.6. The van der Waals surface area contributed by atoms with Crippen molar-refractivity contribution in [3.63, 3.8) is 0 Å². The molecular formula is C26H19N3O5. The van der Waals surface area contributed by atoms with E-state index in [0.717, 1.165) is 10.5 Å². The fourth-order valence-electron chi connectivity index (χ4n) is 4.00. The van der Waals surface area contributed by atoms with Crippen molar-refractivity contribution >= 4 is 28.7 Å². The van der Waals surface area contributed by atoms with Gasteiger partial charge in [-0.25, -0.2) is 9.78 Å². The Balaban J connectivity index is 1.31. The lowest BCUT2D eigenvalue weighted by Crippen LogP contribution is -2.29. The maximum Gasteiger partial charge on any atom is 0.338 e. The number of imide groups is 1. The summed E-state index contributed by atoms with van der Waals surface area (Å²) in [6, 6.07) is 18.5. The number of nitrogens with zero attached hydrogens (tertiary/aromatic N) is 2. The molecule has 2 amide bonds. The van der Waals surface area contributed by atoms with E-state index in [0.29, 0.717) is 27.6 Å². The number of H-pyrrole nitrogens is 1. The number of aryl methyl sites for hydroxylation is 1. The minimum Gasteiger partial charge on any atom is -0.454 e. The number of rotatable bonds is 5. The molecule has 0 saturated carbocycles. The smallest absolute Gasteiger partial charge is 0.338 e. The van der Waals surface area contributed by atoms with Gasteiger partial charge in [0, 0.05) is 0 Å². The van der Waals surface area contributed by atoms with Crippen LogP contribution in [0.25, 0.3) is 10.9 Å². The van der Waals surface area contributed by atoms with Crippen LogP contribution in [0.1, 0.15) is 48.0 Å². The molecule has 1 aromatic heterocycles. The first-order valence-electron chi connectivity index (χ1n) is 10.6. The molecule has 1 aliphatic rings. The third kappa shape index (κ3) is 3.75. The number of benzene rings is 3. The van der Waals surface area contributed by atoms with Gasteiger partial charge < -0.3 is 9.72 Å². The molecule has 4 aromatic rings. The lowest BCUT2D eigenvalue weighted by atomic mass is 10.1. The Hall–Kier alpha value is -4.59. The first-order valence-corrected chi connectivity index (χ1v) is 10.6. The van der Waals surface area contributed by atoms with Crippen LogP contribution in [-0.4, -0.2) is 32.7 Å². The molecule has 168 valence electrons. The zero-order valence-electron chi connectivity index (χ0n) is 18.2. The predicted octanol–water partition coefficient (Wildman–Crippen LogP) is 3.38. The Kier molecular flexibility index (Phi) is 5.25. The van der Waals surface area contributed by atoms with Crippen LogP contribution in [0.4, 0.5) is 0 Å². The SMILES string of the molecule is Cc1cccc2c(=O)[nH]c(COC(=O)c3cccc(CN4C(=O)c5ccccc5C4=O)c3)nc12. The van der Waals surface area contributed by atoms with E-state index in [9.17, 15) is 19.2 Å². The van der Waals surface area contributed by atoms with Crippen LogP contribution in [0.3, 0.4) is 0 Å². The van der Waals surface area contributed by atoms with Crippen LogP contribution >= 0.6 is 0 Å². The van der Waals surface area contributed by atoms with Crippen molar-refractivity contribution in [1.29, 1.82) is 0 Å². The number of carbonyl (C=O) groups excluding carboxylic acids is 3. The highest BCUT2D eigenvalue weighted by Gasteiger charge is 2.35. The first-order chi connectivity index (χ1) is 16.4. The number of hydrogen-bond acceptors (Lipinski definition) is 6. The molecule has 1 aliphatic heterocycles. The number of para-hydroxylation sites is 1. The number of esters is 1. The maximum atomic E-state index is 12.6. The summed E-state index contributed by atoms with van der Waals surface area (Å²) in [4.78, 5) is 58.4. The van der Waals surface area contributed by atoms with E-state index in [1.807, 2.05) is 13.0 Å². The Bertz CT molecular complexity index is 1500. The van der Waals surface area contributed by atoms with Gasteiger partial charge in [-0.3, -0.25) is 19.3 Å². The number of amides is 2. The van der Waals surface area contributed by atoms with E-state index in [1.165, 1.54) is 0 Å². The molecule has 0 aliphatic carbocycles. The molecule has 0 unspecified atom stereocenters. The summed E-state index contributed by atoms with van der Waals surface area (Å²) in [6.45, 7) is 1.68. The van der Waals surface area contributed by atoms with Crippen LogP contribution in [-0.2, 0) is 17.9 Å². The van der Waals surface area contributed by atoms with Crippen LogP contribution in [0.5, 0.6) is 0 Å². The molecule has 5 rings (SSSR count). The van der Waals surface area contributed by atoms with Crippen molar-refractivity contribution in [2.75, 3.05) is 0 Å². The molecule has 0 radical (unpaired) electrons. The van der Waals surface area contributed by atoms with Gasteiger partial charge in [-0.15, -0.1) is 0 Å². The van der Waals surface area contributed by atoms with Gasteiger partial charge in [-0.05, 0) is 48.4 Å². The van der Waals surface area contributed by atoms with Crippen LogP contribution in [0.15, 0.2) is 71.5 Å². The molecule has 0 saturated heterocycles. The number of nitrogens with one attached hydrogen (secondary N) is 1. The third-order valence-electron chi connectivity index (χ3n) is 5.71. The highest BCUT2D eigenvalue weighted by atomic mass is 16.5. The largest absolute Gasteiger partial charge is 0.454 e. The fourth-order valence-corrected chi connectivity index (χ4v) is 4.00. The lowest BCUT2D eigenvalue weighted by molar-refractivity contribution is 0.0462. The fraction of sp³-hybridized carbons (Fsp3) is 0.115. The van der Waals surface area contributed by atoms with Gasteiger partial charge >= 0.3 is 5.97 Å². The highest BCUT2D eigenvalue weighted by Crippen LogP contribution is 2.24. The van der Waals surface area contributed by atoms with Crippen LogP contribution in [0, 0.1) is 6.92 Å². The number of aromatic amines is 1. The van der Waals surface area contributed by atoms with Gasteiger partial charge in [-0.2, -0.15) is 0 Å². The monoisotopic (exact) mass is 453 g/mol. The van der Waals surface area contributed by atoms with Crippen molar-refractivity contribution in [1.82, 2.24) is 14.9 Å². The van der Waals surface area contributed by atoms with Crippen LogP contribution < -0.4 is 5.56 Å². The molecule has 1 N–H and O–H groups in total. The standard InChI is InChI=1S/C26H19N3O5/c1-15-6-4-11-20-22(15)27-21(28-23(20)30)14-34-26(33)17-8-5-7-16(12-17)13-29-24(31)18-9-2-3-10-19(18)25(29)32/h2-12H,13-14H2,1H3,(H,27,28,30). The molecule has 2 heterocycles. The molecule has 0 atom stereocenters. The molecule has 0 bridgehead atoms. The minimum absolute atomic E-state index is 0.0340. The van der Waals surface area contributed by atoms with E-state index < -0.39 is 5.97 Å². The van der Waals surface area contributed by atoms with E-state index in [-0.39, 0.29) is 41.9 Å². The molecular weight excluding hydrogens is 434 g/mol. The Morgan fingerprint density at radius 1 is 0.941 bits per heavy atom. The van der Waals surface area contributed by atoms with E-state index in [2.05, 4.69) is 9.97 Å². The topological polar surface area (TPSA) is 109 Å². The first kappa shape index (κ1) is 21.3. The van der Waals surface area contributed by atoms with Crippen LogP contribution in [0.2, 0.25) is 0 Å². The average molecular weight is 453 g/mol. The summed E-state index contributed by atoms with van der Waals surface area (Å²) in [5.41, 5.74) is 2.70. The van der Waals surface area contributed by atoms with Crippen molar-refractivity contribution in [2.45, 2.75) is 20.1 Å². The number of fused-ring (bicyclic) bond motifs is 2. The number of ether oxygens (including phenoxy) is 1. The minimum atomic E-state index is -0.614. The molecule has 34 heavy (non-hydrogen) atoms. The second kappa shape index (κ2) is 8.40. The average Bonchev–Trinajstić information content (AvgIpc) is 3.08. The van der Waals surface area contributed by atoms with E-state index in [1.54, 1.807) is 60.7 Å². The number of aromatic nitrogens is 2. The third-order valence-corrected chi connectivity index (χ3v) is 5.71. The van der Waals surface area contributed by atoms with E-state index >= 15 is 0 Å². The summed E-state index contributed by atoms with van der Waals surface area (Å²) in [5.74, 6) is -1.11. The summed E-state index contributed by atoms with van der Waals surface area (Å²) in [5, 5.41) is 0.468. The molecule has 8 heteroatoms. The number of hydrogen-bond donors (Lipinski definition) is 1. The van der Waals surface area contributed by atoms with Crippen molar-refractivity contribution in [3.8, 4) is 0 Å². The van der Waals surface area contributed by atoms with Crippen molar-refractivity contribution in [3.05, 3.63) is 111 Å². The zero-order chi connectivity index (χ0) is 23.8. The van der Waals surface area contributed by atoms with Gasteiger partial charge in [0.2, 0.25) is 0 Å². The Morgan fingerprint density at radius 2 is 1.65 bits per heavy atom. The molecule has 0 spiro atoms. The zero-order valence-corrected chi connectivity index (χ0v) is 18.2. The second-order valence-electron chi connectivity index (χ2n) is 8.00. The molecule has 0 fully saturated rings. The van der Waals surface area contributed by atoms with Gasteiger partial charge in [0.15, 0.2) is 0 Å². The molecule has 8 nitrogen and oxygen atoms in total. The summed E-state index contributed by atoms with van der Waals surface area (Å²) in [6.07, 6.45) is 0. The Morgan fingerprint density at radius 3 is 2.38 bits per heavy atom. The Labute approximate surface area is 193 Å². The van der Waals surface area contributed by atoms with Crippen molar-refractivity contribution < 1.29 is 19.1 Å². The van der Waals surface area contributed by atoms with Gasteiger partial charge in [-0.1, -0.05) is 36.4 Å². The highest BCUT2D eigenvalue weighted by molar-refractivity contribution is 6.21. The lowest BCUT2D eigenvalue weighted by Gasteiger charge is -2.14. The van der Waals surface area contributed by atoms with Crippen molar-refractivity contribution in [2.24, 2.45) is 0 Å². The summed E-state index contributed by atoms with van der Waals surface area (Å²) in [7, 11) is 0. The summed E-state index contributed by atoms with van der Waals surface area (Å²) < 4.78 is 5.36. The van der Waals surface area contributed by atoms with Gasteiger partial charge in [0.25, 0.3) is 17.4 Å². The predicted molar refractivity (Wildman–Crippen MR) is 123 cm³/mol. The van der Waals surface area contributed by atoms with Gasteiger partial charge in [0.1, 0.15) is 12.4 Å². The molecule has 3 aromatic carbocycles. The van der Waals surface area contributed by atoms with E-state index in [4.69, 9.17) is 4.74 Å². The summed E-state index contributed by atoms with van der Waals surface area (Å²) >= 11 is 0.